The Morgan fingerprint density at radius 1 is 1.10 bits per heavy atom. The Bertz CT molecular complexity index is 1110. The highest BCUT2D eigenvalue weighted by molar-refractivity contribution is 7.89. The van der Waals surface area contributed by atoms with Crippen molar-refractivity contribution in [1.82, 2.24) is 4.31 Å². The predicted octanol–water partition coefficient (Wildman–Crippen LogP) is 2.82. The molecular weight excluding hydrogens is 402 g/mol. The molecule has 1 aliphatic rings. The number of carbonyl (C=O) groups excluding carboxylic acids is 2. The molecule has 1 fully saturated rings. The average Bonchev–Trinajstić information content (AvgIpc) is 2.78. The molecule has 0 atom stereocenters. The van der Waals surface area contributed by atoms with Crippen molar-refractivity contribution >= 4 is 27.4 Å². The number of rotatable bonds is 5. The quantitative estimate of drug-likeness (QED) is 0.686. The van der Waals surface area contributed by atoms with Crippen molar-refractivity contribution in [2.45, 2.75) is 24.7 Å². The van der Waals surface area contributed by atoms with Gasteiger partial charge in [0.1, 0.15) is 0 Å². The minimum atomic E-state index is -3.73. The van der Waals surface area contributed by atoms with Gasteiger partial charge in [-0.05, 0) is 50.1 Å². The van der Waals surface area contributed by atoms with Gasteiger partial charge in [0.25, 0.3) is 0 Å². The molecule has 1 saturated heterocycles. The highest BCUT2D eigenvalue weighted by atomic mass is 32.2. The fraction of sp³-hybridized carbons (Fsp3) is 0.318. The Labute approximate surface area is 176 Å². The van der Waals surface area contributed by atoms with Crippen molar-refractivity contribution in [1.29, 1.82) is 5.26 Å². The Kier molecular flexibility index (Phi) is 6.34. The molecule has 0 radical (unpaired) electrons. The zero-order valence-electron chi connectivity index (χ0n) is 16.9. The number of Topliss-reactive ketones (excluding diaryl/α,β-unsaturated/α-hetero) is 1. The minimum absolute atomic E-state index is 0.0883. The second-order valence-corrected chi connectivity index (χ2v) is 9.26. The molecular formula is C22H23N3O4S. The van der Waals surface area contributed by atoms with Gasteiger partial charge in [-0.25, -0.2) is 8.42 Å². The number of anilines is 1. The normalized spacial score (nSPS) is 15.4. The van der Waals surface area contributed by atoms with Gasteiger partial charge < -0.3 is 4.90 Å². The van der Waals surface area contributed by atoms with Crippen molar-refractivity contribution in [3.8, 4) is 6.07 Å². The summed E-state index contributed by atoms with van der Waals surface area (Å²) in [6.45, 7) is 1.86. The molecule has 0 aliphatic carbocycles. The van der Waals surface area contributed by atoms with E-state index in [4.69, 9.17) is 5.26 Å². The maximum Gasteiger partial charge on any atom is 0.243 e. The van der Waals surface area contributed by atoms with Crippen LogP contribution in [0.25, 0.3) is 0 Å². The van der Waals surface area contributed by atoms with E-state index in [1.54, 1.807) is 43.4 Å². The van der Waals surface area contributed by atoms with E-state index < -0.39 is 10.0 Å². The molecule has 0 bridgehead atoms. The Balaban J connectivity index is 1.69. The molecule has 0 spiro atoms. The lowest BCUT2D eigenvalue weighted by molar-refractivity contribution is -0.123. The summed E-state index contributed by atoms with van der Waals surface area (Å²) in [6.07, 6.45) is 0.819. The van der Waals surface area contributed by atoms with Crippen LogP contribution >= 0.6 is 0 Å². The van der Waals surface area contributed by atoms with E-state index in [1.807, 2.05) is 0 Å². The lowest BCUT2D eigenvalue weighted by Gasteiger charge is -2.32. The van der Waals surface area contributed by atoms with Gasteiger partial charge in [0.15, 0.2) is 5.78 Å². The van der Waals surface area contributed by atoms with Gasteiger partial charge in [0.05, 0.1) is 16.5 Å². The maximum atomic E-state index is 13.0. The van der Waals surface area contributed by atoms with Crippen LogP contribution in [0.2, 0.25) is 0 Å². The molecule has 0 saturated carbocycles. The van der Waals surface area contributed by atoms with Crippen molar-refractivity contribution < 1.29 is 18.0 Å². The number of amides is 1. The molecule has 0 unspecified atom stereocenters. The molecule has 3 rings (SSSR count). The summed E-state index contributed by atoms with van der Waals surface area (Å²) >= 11 is 0. The number of piperidine rings is 1. The first-order chi connectivity index (χ1) is 14.2. The molecule has 1 heterocycles. The van der Waals surface area contributed by atoms with Gasteiger partial charge in [-0.1, -0.05) is 18.2 Å². The maximum absolute atomic E-state index is 13.0. The van der Waals surface area contributed by atoms with Crippen LogP contribution < -0.4 is 4.90 Å². The van der Waals surface area contributed by atoms with Gasteiger partial charge in [0.2, 0.25) is 15.9 Å². The van der Waals surface area contributed by atoms with Crippen LogP contribution in [0.3, 0.4) is 0 Å². The van der Waals surface area contributed by atoms with Crippen molar-refractivity contribution in [3.63, 3.8) is 0 Å². The summed E-state index contributed by atoms with van der Waals surface area (Å²) in [5, 5.41) is 9.04. The monoisotopic (exact) mass is 425 g/mol. The second-order valence-electron chi connectivity index (χ2n) is 7.32. The van der Waals surface area contributed by atoms with Crippen LogP contribution in [-0.2, 0) is 14.8 Å². The summed E-state index contributed by atoms with van der Waals surface area (Å²) in [5.41, 5.74) is 1.46. The molecule has 30 heavy (non-hydrogen) atoms. The Morgan fingerprint density at radius 3 is 2.40 bits per heavy atom. The smallest absolute Gasteiger partial charge is 0.243 e. The van der Waals surface area contributed by atoms with Gasteiger partial charge in [0, 0.05) is 37.3 Å². The second kappa shape index (κ2) is 8.78. The van der Waals surface area contributed by atoms with Crippen LogP contribution in [-0.4, -0.2) is 44.6 Å². The van der Waals surface area contributed by atoms with E-state index >= 15 is 0 Å². The van der Waals surface area contributed by atoms with Crippen LogP contribution in [0.5, 0.6) is 0 Å². The molecule has 2 aromatic carbocycles. The summed E-state index contributed by atoms with van der Waals surface area (Å²) < 4.78 is 27.3. The molecule has 156 valence electrons. The summed E-state index contributed by atoms with van der Waals surface area (Å²) in [7, 11) is -2.07. The topological polar surface area (TPSA) is 98.6 Å². The molecule has 0 N–H and O–H groups in total. The highest BCUT2D eigenvalue weighted by Gasteiger charge is 2.33. The van der Waals surface area contributed by atoms with Crippen molar-refractivity contribution in [2.75, 3.05) is 25.0 Å². The van der Waals surface area contributed by atoms with Crippen molar-refractivity contribution in [3.05, 3.63) is 59.7 Å². The molecule has 8 heteroatoms. The van der Waals surface area contributed by atoms with E-state index in [1.165, 1.54) is 28.3 Å². The molecule has 1 aliphatic heterocycles. The first-order valence-electron chi connectivity index (χ1n) is 9.63. The predicted molar refractivity (Wildman–Crippen MR) is 112 cm³/mol. The first-order valence-corrected chi connectivity index (χ1v) is 11.1. The van der Waals surface area contributed by atoms with Gasteiger partial charge in [-0.2, -0.15) is 9.57 Å². The number of benzene rings is 2. The van der Waals surface area contributed by atoms with E-state index in [2.05, 4.69) is 6.07 Å². The van der Waals surface area contributed by atoms with E-state index in [0.717, 1.165) is 0 Å². The summed E-state index contributed by atoms with van der Waals surface area (Å²) in [4.78, 5) is 26.1. The van der Waals surface area contributed by atoms with Gasteiger partial charge in [-0.15, -0.1) is 0 Å². The lowest BCUT2D eigenvalue weighted by atomic mass is 9.96. The third-order valence-corrected chi connectivity index (χ3v) is 7.27. The van der Waals surface area contributed by atoms with E-state index in [-0.39, 0.29) is 35.6 Å². The largest absolute Gasteiger partial charge is 0.315 e. The first kappa shape index (κ1) is 21.7. The molecule has 7 nitrogen and oxygen atoms in total. The number of ketones is 1. The van der Waals surface area contributed by atoms with Gasteiger partial charge >= 0.3 is 0 Å². The van der Waals surface area contributed by atoms with E-state index in [0.29, 0.717) is 29.7 Å². The number of nitriles is 1. The number of nitrogens with zero attached hydrogens (tertiary/aromatic N) is 3. The van der Waals surface area contributed by atoms with Crippen LogP contribution in [0, 0.1) is 17.2 Å². The Hall–Kier alpha value is -3.02. The highest BCUT2D eigenvalue weighted by Crippen LogP contribution is 2.27. The third kappa shape index (κ3) is 4.42. The third-order valence-electron chi connectivity index (χ3n) is 5.37. The number of hydrogen-bond donors (Lipinski definition) is 0. The number of sulfonamides is 1. The Morgan fingerprint density at radius 2 is 1.77 bits per heavy atom. The zero-order chi connectivity index (χ0) is 21.9. The number of carbonyl (C=O) groups is 2. The lowest BCUT2D eigenvalue weighted by Crippen LogP contribution is -2.43. The SMILES string of the molecule is CC(=O)c1cccc(S(=O)(=O)N2CCC(C(=O)N(C)c3cccc(C#N)c3)CC2)c1. The fourth-order valence-electron chi connectivity index (χ4n) is 3.55. The fourth-order valence-corrected chi connectivity index (χ4v) is 5.07. The standard InChI is InChI=1S/C22H23N3O4S/c1-16(26)19-6-4-8-21(14-19)30(28,29)25-11-9-18(10-12-25)22(27)24(2)20-7-3-5-17(13-20)15-23/h3-8,13-14,18H,9-12H2,1-2H3. The van der Waals surface area contributed by atoms with Crippen LogP contribution in [0.4, 0.5) is 5.69 Å². The summed E-state index contributed by atoms with van der Waals surface area (Å²) in [6, 6.07) is 14.9. The van der Waals surface area contributed by atoms with E-state index in [9.17, 15) is 18.0 Å². The zero-order valence-corrected chi connectivity index (χ0v) is 17.7. The van der Waals surface area contributed by atoms with Crippen molar-refractivity contribution in [2.24, 2.45) is 5.92 Å². The van der Waals surface area contributed by atoms with Crippen LogP contribution in [0.1, 0.15) is 35.7 Å². The number of hydrogen-bond acceptors (Lipinski definition) is 5. The summed E-state index contributed by atoms with van der Waals surface area (Å²) in [5.74, 6) is -0.587. The average molecular weight is 426 g/mol. The molecule has 1 amide bonds. The molecule has 0 aromatic heterocycles. The minimum Gasteiger partial charge on any atom is -0.315 e. The van der Waals surface area contributed by atoms with Crippen LogP contribution in [0.15, 0.2) is 53.4 Å². The molecule has 2 aromatic rings. The van der Waals surface area contributed by atoms with Gasteiger partial charge in [-0.3, -0.25) is 9.59 Å².